The predicted octanol–water partition coefficient (Wildman–Crippen LogP) is 1.59. The second-order valence-electron chi connectivity index (χ2n) is 15.6. The zero-order valence-corrected chi connectivity index (χ0v) is 26.4. The van der Waals surface area contributed by atoms with Crippen LogP contribution in [0.25, 0.3) is 0 Å². The fourth-order valence-corrected chi connectivity index (χ4v) is 9.71. The number of aliphatic hydroxyl groups excluding tert-OH is 5. The molecule has 0 aromatic rings. The van der Waals surface area contributed by atoms with E-state index in [9.17, 15) is 40.5 Å². The second kappa shape index (κ2) is 11.7. The van der Waals surface area contributed by atoms with Crippen molar-refractivity contribution in [3.63, 3.8) is 0 Å². The summed E-state index contributed by atoms with van der Waals surface area (Å²) in [6.07, 6.45) is -0.458. The molecular weight excluding hydrogens is 556 g/mol. The van der Waals surface area contributed by atoms with Crippen LogP contribution in [-0.4, -0.2) is 102 Å². The maximum absolute atomic E-state index is 13.8. The van der Waals surface area contributed by atoms with Crippen molar-refractivity contribution in [2.24, 2.45) is 34.5 Å². The minimum Gasteiger partial charge on any atom is -0.394 e. The summed E-state index contributed by atoms with van der Waals surface area (Å²) in [6, 6.07) is 0. The van der Waals surface area contributed by atoms with Gasteiger partial charge in [-0.2, -0.15) is 0 Å². The van der Waals surface area contributed by atoms with Gasteiger partial charge in [-0.25, -0.2) is 0 Å². The van der Waals surface area contributed by atoms with Crippen LogP contribution in [-0.2, 0) is 14.3 Å². The Balaban J connectivity index is 1.32. The molecule has 1 aliphatic heterocycles. The quantitative estimate of drug-likeness (QED) is 0.214. The highest BCUT2D eigenvalue weighted by Crippen LogP contribution is 2.68. The molecule has 5 rings (SSSR count). The molecule has 10 nitrogen and oxygen atoms in total. The van der Waals surface area contributed by atoms with E-state index in [1.165, 1.54) is 0 Å². The van der Waals surface area contributed by atoms with Gasteiger partial charge in [-0.15, -0.1) is 0 Å². The molecule has 0 aromatic heterocycles. The average Bonchev–Trinajstić information content (AvgIpc) is 3.23. The molecular formula is C33H54O10. The number of carbonyl (C=O) groups excluding carboxylic acids is 1. The normalized spacial score (nSPS) is 48.1. The van der Waals surface area contributed by atoms with Crippen molar-refractivity contribution in [1.29, 1.82) is 0 Å². The molecule has 0 spiro atoms. The Morgan fingerprint density at radius 3 is 2.40 bits per heavy atom. The van der Waals surface area contributed by atoms with Gasteiger partial charge in [-0.05, 0) is 106 Å². The summed E-state index contributed by atoms with van der Waals surface area (Å²) in [5.74, 6) is -0.306. The van der Waals surface area contributed by atoms with Crippen LogP contribution in [0.15, 0.2) is 11.6 Å². The highest BCUT2D eigenvalue weighted by molar-refractivity contribution is 5.95. The van der Waals surface area contributed by atoms with E-state index in [0.29, 0.717) is 38.5 Å². The van der Waals surface area contributed by atoms with Crippen molar-refractivity contribution >= 4 is 5.78 Å². The topological polar surface area (TPSA) is 177 Å². The van der Waals surface area contributed by atoms with Gasteiger partial charge in [-0.1, -0.05) is 20.8 Å². The molecule has 246 valence electrons. The minimum atomic E-state index is -1.52. The Kier molecular flexibility index (Phi) is 9.08. The zero-order chi connectivity index (χ0) is 31.7. The van der Waals surface area contributed by atoms with Crippen LogP contribution >= 0.6 is 0 Å². The first-order valence-corrected chi connectivity index (χ1v) is 16.3. The number of allylic oxidation sites excluding steroid dienone is 1. The average molecular weight is 611 g/mol. The first kappa shape index (κ1) is 33.4. The summed E-state index contributed by atoms with van der Waals surface area (Å²) < 4.78 is 11.6. The van der Waals surface area contributed by atoms with Gasteiger partial charge >= 0.3 is 0 Å². The van der Waals surface area contributed by atoms with Crippen LogP contribution in [0.5, 0.6) is 0 Å². The van der Waals surface area contributed by atoms with E-state index in [4.69, 9.17) is 9.47 Å². The lowest BCUT2D eigenvalue weighted by molar-refractivity contribution is -0.315. The van der Waals surface area contributed by atoms with E-state index in [0.717, 1.165) is 24.8 Å². The summed E-state index contributed by atoms with van der Waals surface area (Å²) in [5.41, 5.74) is -1.98. The van der Waals surface area contributed by atoms with Crippen LogP contribution in [0, 0.1) is 34.5 Å². The Labute approximate surface area is 255 Å². The number of rotatable bonds is 8. The van der Waals surface area contributed by atoms with Crippen molar-refractivity contribution in [3.8, 4) is 0 Å². The van der Waals surface area contributed by atoms with Crippen LogP contribution < -0.4 is 0 Å². The van der Waals surface area contributed by atoms with Gasteiger partial charge in [0.2, 0.25) is 0 Å². The van der Waals surface area contributed by atoms with Gasteiger partial charge in [-0.3, -0.25) is 4.79 Å². The molecule has 1 heterocycles. The number of ether oxygens (including phenoxy) is 2. The third kappa shape index (κ3) is 5.57. The highest BCUT2D eigenvalue weighted by Gasteiger charge is 2.66. The molecule has 4 fully saturated rings. The van der Waals surface area contributed by atoms with Gasteiger partial charge in [0.15, 0.2) is 12.1 Å². The third-order valence-corrected chi connectivity index (χ3v) is 12.6. The Hall–Kier alpha value is -0.950. The molecule has 43 heavy (non-hydrogen) atoms. The van der Waals surface area contributed by atoms with Crippen LogP contribution in [0.1, 0.15) is 92.4 Å². The van der Waals surface area contributed by atoms with E-state index in [1.54, 1.807) is 19.9 Å². The fraction of sp³-hybridized carbons (Fsp3) is 0.909. The van der Waals surface area contributed by atoms with Gasteiger partial charge in [0.1, 0.15) is 24.4 Å². The monoisotopic (exact) mass is 610 g/mol. The predicted molar refractivity (Wildman–Crippen MR) is 156 cm³/mol. The molecule has 10 heteroatoms. The van der Waals surface area contributed by atoms with E-state index in [-0.39, 0.29) is 34.9 Å². The Morgan fingerprint density at radius 1 is 1.05 bits per heavy atom. The molecule has 0 bridgehead atoms. The van der Waals surface area contributed by atoms with Gasteiger partial charge in [0.05, 0.1) is 30.0 Å². The zero-order valence-electron chi connectivity index (χ0n) is 26.4. The van der Waals surface area contributed by atoms with Crippen LogP contribution in [0.2, 0.25) is 0 Å². The molecule has 0 radical (unpaired) electrons. The molecule has 3 saturated carbocycles. The first-order chi connectivity index (χ1) is 20.0. The maximum atomic E-state index is 13.8. The number of ketones is 1. The van der Waals surface area contributed by atoms with Crippen molar-refractivity contribution < 1.29 is 50.0 Å². The standard InChI is InChI=1S/C33H54O10/c1-17(23(35)9-10-30(2,3)40)19-8-13-33(41)21-15-24(36)22-14-18(6-11-31(22,4)20(21)7-12-32(19,33)5)42-29-28(39)27(38)26(37)25(16-34)43-29/h15,17-20,22-23,25-29,34-35,37-41H,6-14,16H2,1-5H3/t17-,18-,19+,20-,22-,23+,25+,26+,27-,28+,29+,31+,32+,33?/m0/s1. The summed E-state index contributed by atoms with van der Waals surface area (Å²) in [5, 5.41) is 74.0. The summed E-state index contributed by atoms with van der Waals surface area (Å²) in [4.78, 5) is 13.8. The molecule has 0 aromatic carbocycles. The third-order valence-electron chi connectivity index (χ3n) is 12.6. The van der Waals surface area contributed by atoms with Crippen LogP contribution in [0.4, 0.5) is 0 Å². The molecule has 4 aliphatic carbocycles. The van der Waals surface area contributed by atoms with Crippen LogP contribution in [0.3, 0.4) is 0 Å². The largest absolute Gasteiger partial charge is 0.394 e. The lowest BCUT2D eigenvalue weighted by atomic mass is 9.46. The molecule has 5 aliphatic rings. The Morgan fingerprint density at radius 2 is 1.74 bits per heavy atom. The van der Waals surface area contributed by atoms with Gasteiger partial charge in [0, 0.05) is 11.3 Å². The van der Waals surface area contributed by atoms with E-state index in [1.807, 2.05) is 0 Å². The lowest BCUT2D eigenvalue weighted by Crippen LogP contribution is -2.61. The van der Waals surface area contributed by atoms with Crippen molar-refractivity contribution in [3.05, 3.63) is 11.6 Å². The number of carbonyl (C=O) groups is 1. The molecule has 0 amide bonds. The SMILES string of the molecule is C[C@H]([C@H](O)CCC(C)(C)O)[C@H]1CCC2(O)C3=CC(=O)[C@@H]4C[C@@H](O[C@@H]5O[C@H](CO)[C@@H](O)[C@H](O)[C@H]5O)CC[C@]4(C)[C@H]3CC[C@]12C. The molecule has 14 atom stereocenters. The minimum absolute atomic E-state index is 0.0322. The number of fused-ring (bicyclic) bond motifs is 5. The maximum Gasteiger partial charge on any atom is 0.186 e. The molecule has 7 N–H and O–H groups in total. The first-order valence-electron chi connectivity index (χ1n) is 16.3. The van der Waals surface area contributed by atoms with E-state index < -0.39 is 66.1 Å². The molecule has 1 unspecified atom stereocenters. The highest BCUT2D eigenvalue weighted by atomic mass is 16.7. The Bertz CT molecular complexity index is 1070. The fourth-order valence-electron chi connectivity index (χ4n) is 9.71. The summed E-state index contributed by atoms with van der Waals surface area (Å²) >= 11 is 0. The lowest BCUT2D eigenvalue weighted by Gasteiger charge is -2.60. The van der Waals surface area contributed by atoms with Crippen molar-refractivity contribution in [2.45, 2.75) is 147 Å². The smallest absolute Gasteiger partial charge is 0.186 e. The van der Waals surface area contributed by atoms with Crippen molar-refractivity contribution in [2.75, 3.05) is 6.61 Å². The van der Waals surface area contributed by atoms with Crippen molar-refractivity contribution in [1.82, 2.24) is 0 Å². The van der Waals surface area contributed by atoms with E-state index in [2.05, 4.69) is 20.8 Å². The summed E-state index contributed by atoms with van der Waals surface area (Å²) in [6.45, 7) is 9.29. The van der Waals surface area contributed by atoms with E-state index >= 15 is 0 Å². The number of aliphatic hydroxyl groups is 7. The molecule has 1 saturated heterocycles. The van der Waals surface area contributed by atoms with Gasteiger partial charge in [0.25, 0.3) is 0 Å². The number of hydrogen-bond donors (Lipinski definition) is 7. The number of hydrogen-bond acceptors (Lipinski definition) is 10. The second-order valence-corrected chi connectivity index (χ2v) is 15.6. The summed E-state index contributed by atoms with van der Waals surface area (Å²) in [7, 11) is 0. The van der Waals surface area contributed by atoms with Gasteiger partial charge < -0.3 is 45.2 Å².